The molecule has 2 aromatic rings. The first-order valence-electron chi connectivity index (χ1n) is 11.4. The van der Waals surface area contributed by atoms with Gasteiger partial charge in [0.25, 0.3) is 5.91 Å². The van der Waals surface area contributed by atoms with E-state index in [4.69, 9.17) is 14.3 Å². The quantitative estimate of drug-likeness (QED) is 0.430. The second kappa shape index (κ2) is 11.7. The van der Waals surface area contributed by atoms with Crippen LogP contribution in [0.3, 0.4) is 0 Å². The fraction of sp³-hybridized carbons (Fsp3) is 0.542. The van der Waals surface area contributed by atoms with Gasteiger partial charge >= 0.3 is 5.63 Å². The molecular formula is C24H32N2O6. The molecule has 2 heterocycles. The van der Waals surface area contributed by atoms with Crippen LogP contribution in [0.15, 0.2) is 33.5 Å². The number of carbonyl (C=O) groups is 2. The Labute approximate surface area is 187 Å². The molecule has 8 nitrogen and oxygen atoms in total. The summed E-state index contributed by atoms with van der Waals surface area (Å²) in [5.41, 5.74) is 1.03. The standard InChI is InChI=1S/C24H32N2O6/c1-2-3-5-18-14-23(29)32-21-15-19(6-7-20(18)21)31-16-22(28)26-11-8-17(9-12-26)24(30)25-10-4-13-27/h6-7,14-15,17,27H,2-5,8-13,16H2,1H3,(H,25,30). The van der Waals surface area contributed by atoms with Crippen molar-refractivity contribution in [3.63, 3.8) is 0 Å². The monoisotopic (exact) mass is 444 g/mol. The number of unbranched alkanes of at least 4 members (excludes halogenated alkanes) is 1. The van der Waals surface area contributed by atoms with Gasteiger partial charge in [-0.3, -0.25) is 9.59 Å². The van der Waals surface area contributed by atoms with E-state index in [1.807, 2.05) is 6.07 Å². The molecule has 2 N–H and O–H groups in total. The predicted molar refractivity (Wildman–Crippen MR) is 121 cm³/mol. The molecule has 1 aliphatic rings. The topological polar surface area (TPSA) is 109 Å². The molecule has 1 aromatic heterocycles. The molecule has 1 fully saturated rings. The summed E-state index contributed by atoms with van der Waals surface area (Å²) in [4.78, 5) is 38.3. The highest BCUT2D eigenvalue weighted by atomic mass is 16.5. The number of ether oxygens (including phenoxy) is 1. The summed E-state index contributed by atoms with van der Waals surface area (Å²) in [5.74, 6) is 0.212. The SMILES string of the molecule is CCCCc1cc(=O)oc2cc(OCC(=O)N3CCC(C(=O)NCCCO)CC3)ccc12. The number of nitrogens with one attached hydrogen (secondary N) is 1. The van der Waals surface area contributed by atoms with Crippen molar-refractivity contribution in [3.8, 4) is 5.75 Å². The molecule has 0 radical (unpaired) electrons. The number of likely N-dealkylation sites (tertiary alicyclic amines) is 1. The van der Waals surface area contributed by atoms with Gasteiger partial charge in [-0.1, -0.05) is 13.3 Å². The maximum absolute atomic E-state index is 12.5. The van der Waals surface area contributed by atoms with Crippen molar-refractivity contribution < 1.29 is 23.8 Å². The van der Waals surface area contributed by atoms with Crippen LogP contribution in [0, 0.1) is 5.92 Å². The smallest absolute Gasteiger partial charge is 0.336 e. The number of aryl methyl sites for hydroxylation is 1. The van der Waals surface area contributed by atoms with Crippen molar-refractivity contribution in [1.29, 1.82) is 0 Å². The lowest BCUT2D eigenvalue weighted by Gasteiger charge is -2.31. The Morgan fingerprint density at radius 3 is 2.72 bits per heavy atom. The summed E-state index contributed by atoms with van der Waals surface area (Å²) >= 11 is 0. The van der Waals surface area contributed by atoms with Crippen molar-refractivity contribution >= 4 is 22.8 Å². The molecule has 174 valence electrons. The van der Waals surface area contributed by atoms with Gasteiger partial charge < -0.3 is 24.5 Å². The third-order valence-electron chi connectivity index (χ3n) is 5.82. The average Bonchev–Trinajstić information content (AvgIpc) is 2.80. The molecule has 0 bridgehead atoms. The van der Waals surface area contributed by atoms with Crippen molar-refractivity contribution in [2.45, 2.75) is 45.4 Å². The Morgan fingerprint density at radius 1 is 1.22 bits per heavy atom. The minimum Gasteiger partial charge on any atom is -0.484 e. The molecule has 0 unspecified atom stereocenters. The van der Waals surface area contributed by atoms with Crippen LogP contribution in [-0.4, -0.2) is 54.7 Å². The number of amides is 2. The molecule has 0 atom stereocenters. The molecule has 1 aliphatic heterocycles. The van der Waals surface area contributed by atoms with Gasteiger partial charge in [0, 0.05) is 49.7 Å². The number of hydrogen-bond donors (Lipinski definition) is 2. The first kappa shape index (κ1) is 23.8. The van der Waals surface area contributed by atoms with Gasteiger partial charge in [0.05, 0.1) is 0 Å². The predicted octanol–water partition coefficient (Wildman–Crippen LogP) is 2.25. The van der Waals surface area contributed by atoms with Crippen LogP contribution in [0.1, 0.15) is 44.6 Å². The molecule has 32 heavy (non-hydrogen) atoms. The van der Waals surface area contributed by atoms with E-state index in [1.54, 1.807) is 23.1 Å². The first-order chi connectivity index (χ1) is 15.5. The molecular weight excluding hydrogens is 412 g/mol. The highest BCUT2D eigenvalue weighted by molar-refractivity contribution is 5.82. The Bertz CT molecular complexity index is 978. The lowest BCUT2D eigenvalue weighted by Crippen LogP contribution is -2.44. The Balaban J connectivity index is 1.53. The summed E-state index contributed by atoms with van der Waals surface area (Å²) in [5, 5.41) is 12.5. The van der Waals surface area contributed by atoms with Crippen molar-refractivity contribution in [1.82, 2.24) is 10.2 Å². The number of nitrogens with zero attached hydrogens (tertiary/aromatic N) is 1. The summed E-state index contributed by atoms with van der Waals surface area (Å²) < 4.78 is 11.0. The van der Waals surface area contributed by atoms with E-state index >= 15 is 0 Å². The van der Waals surface area contributed by atoms with Crippen LogP contribution in [0.25, 0.3) is 11.0 Å². The fourth-order valence-corrected chi connectivity index (χ4v) is 3.94. The summed E-state index contributed by atoms with van der Waals surface area (Å²) in [6.45, 7) is 3.53. The Morgan fingerprint density at radius 2 is 2.00 bits per heavy atom. The van der Waals surface area contributed by atoms with Gasteiger partial charge in [-0.2, -0.15) is 0 Å². The number of rotatable bonds is 10. The zero-order chi connectivity index (χ0) is 22.9. The van der Waals surface area contributed by atoms with E-state index in [9.17, 15) is 14.4 Å². The maximum Gasteiger partial charge on any atom is 0.336 e. The molecule has 2 amide bonds. The van der Waals surface area contributed by atoms with Gasteiger partial charge in [0.15, 0.2) is 6.61 Å². The summed E-state index contributed by atoms with van der Waals surface area (Å²) in [6, 6.07) is 6.85. The van der Waals surface area contributed by atoms with Crippen molar-refractivity contribution in [2.75, 3.05) is 32.8 Å². The highest BCUT2D eigenvalue weighted by Gasteiger charge is 2.27. The highest BCUT2D eigenvalue weighted by Crippen LogP contribution is 2.24. The molecule has 1 saturated heterocycles. The third kappa shape index (κ3) is 6.32. The summed E-state index contributed by atoms with van der Waals surface area (Å²) in [6.07, 6.45) is 4.60. The van der Waals surface area contributed by atoms with Crippen LogP contribution in [0.4, 0.5) is 0 Å². The largest absolute Gasteiger partial charge is 0.484 e. The van der Waals surface area contributed by atoms with Crippen LogP contribution in [-0.2, 0) is 16.0 Å². The second-order valence-electron chi connectivity index (χ2n) is 8.16. The van der Waals surface area contributed by atoms with E-state index in [1.165, 1.54) is 0 Å². The zero-order valence-electron chi connectivity index (χ0n) is 18.6. The van der Waals surface area contributed by atoms with Gasteiger partial charge in [-0.15, -0.1) is 0 Å². The van der Waals surface area contributed by atoms with Crippen LogP contribution < -0.4 is 15.7 Å². The normalized spacial score (nSPS) is 14.5. The van der Waals surface area contributed by atoms with Crippen LogP contribution in [0.5, 0.6) is 5.75 Å². The van der Waals surface area contributed by atoms with Crippen LogP contribution >= 0.6 is 0 Å². The number of carbonyl (C=O) groups excluding carboxylic acids is 2. The summed E-state index contributed by atoms with van der Waals surface area (Å²) in [7, 11) is 0. The molecule has 0 saturated carbocycles. The molecule has 3 rings (SSSR count). The first-order valence-corrected chi connectivity index (χ1v) is 11.4. The molecule has 1 aromatic carbocycles. The van der Waals surface area contributed by atoms with E-state index in [-0.39, 0.29) is 36.6 Å². The third-order valence-corrected chi connectivity index (χ3v) is 5.82. The molecule has 0 spiro atoms. The van der Waals surface area contributed by atoms with E-state index in [0.717, 1.165) is 30.2 Å². The second-order valence-corrected chi connectivity index (χ2v) is 8.16. The Hall–Kier alpha value is -2.87. The van der Waals surface area contributed by atoms with Crippen molar-refractivity contribution in [2.24, 2.45) is 5.92 Å². The van der Waals surface area contributed by atoms with E-state index in [0.29, 0.717) is 50.2 Å². The average molecular weight is 445 g/mol. The van der Waals surface area contributed by atoms with Gasteiger partial charge in [0.1, 0.15) is 11.3 Å². The number of aliphatic hydroxyl groups excluding tert-OH is 1. The lowest BCUT2D eigenvalue weighted by atomic mass is 9.96. The number of aliphatic hydroxyl groups is 1. The fourth-order valence-electron chi connectivity index (χ4n) is 3.94. The van der Waals surface area contributed by atoms with Gasteiger partial charge in [0.2, 0.25) is 5.91 Å². The minimum atomic E-state index is -0.389. The minimum absolute atomic E-state index is 0.0160. The van der Waals surface area contributed by atoms with Crippen LogP contribution in [0.2, 0.25) is 0 Å². The van der Waals surface area contributed by atoms with Gasteiger partial charge in [-0.05, 0) is 49.8 Å². The number of benzene rings is 1. The molecule has 8 heteroatoms. The van der Waals surface area contributed by atoms with Gasteiger partial charge in [-0.25, -0.2) is 4.79 Å². The number of hydrogen-bond acceptors (Lipinski definition) is 6. The number of piperidine rings is 1. The lowest BCUT2D eigenvalue weighted by molar-refractivity contribution is -0.137. The number of fused-ring (bicyclic) bond motifs is 1. The van der Waals surface area contributed by atoms with Crippen molar-refractivity contribution in [3.05, 3.63) is 40.2 Å². The maximum atomic E-state index is 12.5. The molecule has 0 aliphatic carbocycles. The van der Waals surface area contributed by atoms with E-state index < -0.39 is 0 Å². The van der Waals surface area contributed by atoms with E-state index in [2.05, 4.69) is 12.2 Å². The zero-order valence-corrected chi connectivity index (χ0v) is 18.6. The Kier molecular flexibility index (Phi) is 8.67.